The number of sulfonamides is 1. The number of amides is 1. The van der Waals surface area contributed by atoms with Gasteiger partial charge in [-0.1, -0.05) is 57.9 Å². The molecule has 4 rings (SSSR count). The minimum Gasteiger partial charge on any atom is -0.368 e. The highest BCUT2D eigenvalue weighted by molar-refractivity contribution is 9.10. The van der Waals surface area contributed by atoms with E-state index in [9.17, 15) is 13.2 Å². The van der Waals surface area contributed by atoms with E-state index in [0.717, 1.165) is 15.7 Å². The number of aryl methyl sites for hydroxylation is 1. The van der Waals surface area contributed by atoms with E-state index in [0.29, 0.717) is 31.9 Å². The third kappa shape index (κ3) is 5.39. The summed E-state index contributed by atoms with van der Waals surface area (Å²) in [4.78, 5) is 17.4. The Kier molecular flexibility index (Phi) is 7.05. The second-order valence-corrected chi connectivity index (χ2v) is 10.8. The summed E-state index contributed by atoms with van der Waals surface area (Å²) < 4.78 is 29.0. The highest BCUT2D eigenvalue weighted by atomic mass is 79.9. The SMILES string of the molecule is Cc1ccc(S(=O)(=O)N(CC(=O)N2CCN(c3ccccc3)CC2)c2cccc(Br)c2)cc1. The van der Waals surface area contributed by atoms with Gasteiger partial charge in [0.1, 0.15) is 6.54 Å². The largest absolute Gasteiger partial charge is 0.368 e. The molecule has 8 heteroatoms. The molecule has 0 saturated carbocycles. The van der Waals surface area contributed by atoms with Crippen molar-refractivity contribution in [3.63, 3.8) is 0 Å². The van der Waals surface area contributed by atoms with E-state index in [1.807, 2.05) is 31.2 Å². The molecule has 0 spiro atoms. The molecule has 6 nitrogen and oxygen atoms in total. The summed E-state index contributed by atoms with van der Waals surface area (Å²) in [7, 11) is -3.92. The molecule has 1 amide bonds. The Morgan fingerprint density at radius 2 is 1.58 bits per heavy atom. The van der Waals surface area contributed by atoms with Crippen molar-refractivity contribution in [1.29, 1.82) is 0 Å². The number of nitrogens with zero attached hydrogens (tertiary/aromatic N) is 3. The normalized spacial score (nSPS) is 14.2. The molecule has 0 aliphatic carbocycles. The average Bonchev–Trinajstić information content (AvgIpc) is 2.83. The molecular weight excluding hydrogens is 502 g/mol. The standard InChI is InChI=1S/C25H26BrN3O3S/c1-20-10-12-24(13-11-20)33(31,32)29(23-9-5-6-21(26)18-23)19-25(30)28-16-14-27(15-17-28)22-7-3-2-4-8-22/h2-13,18H,14-17,19H2,1H3. The third-order valence-corrected chi connectivity index (χ3v) is 8.02. The van der Waals surface area contributed by atoms with Crippen molar-refractivity contribution >= 4 is 43.2 Å². The van der Waals surface area contributed by atoms with Crippen molar-refractivity contribution in [2.24, 2.45) is 0 Å². The van der Waals surface area contributed by atoms with Gasteiger partial charge in [0, 0.05) is 36.3 Å². The van der Waals surface area contributed by atoms with Gasteiger partial charge in [-0.2, -0.15) is 0 Å². The number of rotatable bonds is 6. The van der Waals surface area contributed by atoms with E-state index < -0.39 is 10.0 Å². The second-order valence-electron chi connectivity index (χ2n) is 8.01. The fourth-order valence-corrected chi connectivity index (χ4v) is 5.65. The Morgan fingerprint density at radius 1 is 0.909 bits per heavy atom. The van der Waals surface area contributed by atoms with Gasteiger partial charge in [0.2, 0.25) is 5.91 Å². The molecule has 0 unspecified atom stereocenters. The maximum atomic E-state index is 13.5. The number of carbonyl (C=O) groups is 1. The van der Waals surface area contributed by atoms with E-state index in [1.165, 1.54) is 4.31 Å². The summed E-state index contributed by atoms with van der Waals surface area (Å²) in [5.74, 6) is -0.210. The van der Waals surface area contributed by atoms with Crippen LogP contribution in [0.25, 0.3) is 0 Å². The van der Waals surface area contributed by atoms with Crippen LogP contribution in [0.1, 0.15) is 5.56 Å². The van der Waals surface area contributed by atoms with E-state index in [1.54, 1.807) is 47.4 Å². The van der Waals surface area contributed by atoms with Gasteiger partial charge in [-0.3, -0.25) is 9.10 Å². The Morgan fingerprint density at radius 3 is 2.21 bits per heavy atom. The van der Waals surface area contributed by atoms with Gasteiger partial charge in [0.05, 0.1) is 10.6 Å². The molecule has 1 heterocycles. The Balaban J connectivity index is 1.54. The van der Waals surface area contributed by atoms with Crippen LogP contribution in [0.2, 0.25) is 0 Å². The zero-order valence-electron chi connectivity index (χ0n) is 18.4. The van der Waals surface area contributed by atoms with Crippen LogP contribution in [0.4, 0.5) is 11.4 Å². The fraction of sp³-hybridized carbons (Fsp3) is 0.240. The van der Waals surface area contributed by atoms with E-state index >= 15 is 0 Å². The summed E-state index contributed by atoms with van der Waals surface area (Å²) in [6.45, 7) is 4.16. The zero-order valence-corrected chi connectivity index (χ0v) is 20.8. The van der Waals surface area contributed by atoms with Crippen molar-refractivity contribution in [2.75, 3.05) is 41.9 Å². The van der Waals surface area contributed by atoms with Gasteiger partial charge in [-0.05, 0) is 49.4 Å². The van der Waals surface area contributed by atoms with Crippen LogP contribution in [-0.4, -0.2) is 51.9 Å². The smallest absolute Gasteiger partial charge is 0.264 e. The summed E-state index contributed by atoms with van der Waals surface area (Å²) in [6.07, 6.45) is 0. The predicted octanol–water partition coefficient (Wildman–Crippen LogP) is 4.30. The molecular formula is C25H26BrN3O3S. The number of hydrogen-bond donors (Lipinski definition) is 0. The summed E-state index contributed by atoms with van der Waals surface area (Å²) >= 11 is 3.41. The van der Waals surface area contributed by atoms with Gasteiger partial charge in [0.25, 0.3) is 10.0 Å². The molecule has 0 bridgehead atoms. The third-order valence-electron chi connectivity index (χ3n) is 5.74. The maximum absolute atomic E-state index is 13.5. The minimum atomic E-state index is -3.92. The molecule has 0 atom stereocenters. The van der Waals surface area contributed by atoms with Gasteiger partial charge in [-0.15, -0.1) is 0 Å². The van der Waals surface area contributed by atoms with E-state index in [2.05, 4.69) is 33.0 Å². The van der Waals surface area contributed by atoms with Crippen molar-refractivity contribution in [2.45, 2.75) is 11.8 Å². The van der Waals surface area contributed by atoms with Crippen molar-refractivity contribution < 1.29 is 13.2 Å². The van der Waals surface area contributed by atoms with Crippen LogP contribution in [-0.2, 0) is 14.8 Å². The zero-order chi connectivity index (χ0) is 23.4. The quantitative estimate of drug-likeness (QED) is 0.479. The van der Waals surface area contributed by atoms with Crippen LogP contribution in [0.3, 0.4) is 0 Å². The number of anilines is 2. The van der Waals surface area contributed by atoms with Crippen LogP contribution >= 0.6 is 15.9 Å². The lowest BCUT2D eigenvalue weighted by molar-refractivity contribution is -0.129. The fourth-order valence-electron chi connectivity index (χ4n) is 3.86. The van der Waals surface area contributed by atoms with Gasteiger partial charge >= 0.3 is 0 Å². The van der Waals surface area contributed by atoms with Gasteiger partial charge < -0.3 is 9.80 Å². The van der Waals surface area contributed by atoms with Crippen molar-refractivity contribution in [3.8, 4) is 0 Å². The van der Waals surface area contributed by atoms with Crippen LogP contribution in [0.15, 0.2) is 88.2 Å². The first-order valence-corrected chi connectivity index (χ1v) is 13.0. The monoisotopic (exact) mass is 527 g/mol. The van der Waals surface area contributed by atoms with E-state index in [-0.39, 0.29) is 17.3 Å². The number of benzene rings is 3. The van der Waals surface area contributed by atoms with Crippen molar-refractivity contribution in [1.82, 2.24) is 4.90 Å². The molecule has 1 saturated heterocycles. The highest BCUT2D eigenvalue weighted by Crippen LogP contribution is 2.27. The number of hydrogen-bond acceptors (Lipinski definition) is 4. The molecule has 3 aromatic rings. The molecule has 0 radical (unpaired) electrons. The Labute approximate surface area is 203 Å². The Bertz CT molecular complexity index is 1210. The summed E-state index contributed by atoms with van der Waals surface area (Å²) in [6, 6.07) is 23.8. The summed E-state index contributed by atoms with van der Waals surface area (Å²) in [5.41, 5.74) is 2.54. The van der Waals surface area contributed by atoms with Crippen LogP contribution in [0.5, 0.6) is 0 Å². The van der Waals surface area contributed by atoms with Crippen molar-refractivity contribution in [3.05, 3.63) is 88.9 Å². The molecule has 0 N–H and O–H groups in total. The first kappa shape index (κ1) is 23.3. The first-order valence-electron chi connectivity index (χ1n) is 10.8. The summed E-state index contributed by atoms with van der Waals surface area (Å²) in [5, 5.41) is 0. The van der Waals surface area contributed by atoms with E-state index in [4.69, 9.17) is 0 Å². The van der Waals surface area contributed by atoms with Gasteiger partial charge in [0.15, 0.2) is 0 Å². The molecule has 172 valence electrons. The topological polar surface area (TPSA) is 60.9 Å². The van der Waals surface area contributed by atoms with Gasteiger partial charge in [-0.25, -0.2) is 8.42 Å². The molecule has 0 aromatic heterocycles. The molecule has 1 aliphatic rings. The lowest BCUT2D eigenvalue weighted by Crippen LogP contribution is -2.52. The molecule has 33 heavy (non-hydrogen) atoms. The molecule has 3 aromatic carbocycles. The van der Waals surface area contributed by atoms with Crippen LogP contribution < -0.4 is 9.21 Å². The number of piperazine rings is 1. The minimum absolute atomic E-state index is 0.162. The highest BCUT2D eigenvalue weighted by Gasteiger charge is 2.30. The number of carbonyl (C=O) groups excluding carboxylic acids is 1. The number of halogens is 1. The maximum Gasteiger partial charge on any atom is 0.264 e. The lowest BCUT2D eigenvalue weighted by atomic mass is 10.2. The lowest BCUT2D eigenvalue weighted by Gasteiger charge is -2.37. The Hall–Kier alpha value is -2.84. The molecule has 1 aliphatic heterocycles. The molecule has 1 fully saturated rings. The predicted molar refractivity (Wildman–Crippen MR) is 135 cm³/mol. The number of para-hydroxylation sites is 1. The average molecular weight is 528 g/mol. The second kappa shape index (κ2) is 9.97. The van der Waals surface area contributed by atoms with Crippen LogP contribution in [0, 0.1) is 6.92 Å². The first-order chi connectivity index (χ1) is 15.8.